The van der Waals surface area contributed by atoms with Crippen LogP contribution in [0.2, 0.25) is 0 Å². The summed E-state index contributed by atoms with van der Waals surface area (Å²) in [4.78, 5) is 40.1. The zero-order chi connectivity index (χ0) is 23.3. The number of hydrogen-bond donors (Lipinski definition) is 2. The maximum atomic E-state index is 13.3. The lowest BCUT2D eigenvalue weighted by Gasteiger charge is -2.27. The Morgan fingerprint density at radius 2 is 1.88 bits per heavy atom. The van der Waals surface area contributed by atoms with Crippen LogP contribution in [0, 0.1) is 5.92 Å². The van der Waals surface area contributed by atoms with Crippen LogP contribution in [-0.4, -0.2) is 39.4 Å². The van der Waals surface area contributed by atoms with Crippen molar-refractivity contribution in [3.8, 4) is 0 Å². The second-order valence-electron chi connectivity index (χ2n) is 9.46. The number of aromatic nitrogens is 1. The van der Waals surface area contributed by atoms with Crippen molar-refractivity contribution in [2.45, 2.75) is 51.1 Å². The highest BCUT2D eigenvalue weighted by molar-refractivity contribution is 6.05. The van der Waals surface area contributed by atoms with E-state index in [-0.39, 0.29) is 17.9 Å². The summed E-state index contributed by atoms with van der Waals surface area (Å²) in [5, 5.41) is 3.66. The summed E-state index contributed by atoms with van der Waals surface area (Å²) >= 11 is 0. The normalized spacial score (nSPS) is 21.3. The molecule has 2 aliphatic rings. The van der Waals surface area contributed by atoms with Crippen LogP contribution in [0.5, 0.6) is 0 Å². The van der Waals surface area contributed by atoms with Crippen LogP contribution in [0.25, 0.3) is 10.9 Å². The van der Waals surface area contributed by atoms with E-state index in [0.29, 0.717) is 35.9 Å². The highest BCUT2D eigenvalue weighted by Crippen LogP contribution is 2.48. The van der Waals surface area contributed by atoms with Crippen molar-refractivity contribution in [1.82, 2.24) is 9.47 Å². The average Bonchev–Trinajstić information content (AvgIpc) is 3.29. The molecule has 1 aliphatic carbocycles. The molecule has 7 nitrogen and oxygen atoms in total. The fourth-order valence-corrected chi connectivity index (χ4v) is 5.06. The fourth-order valence-electron chi connectivity index (χ4n) is 5.06. The number of nitrogens with one attached hydrogen (secondary N) is 1. The van der Waals surface area contributed by atoms with Crippen molar-refractivity contribution in [2.75, 3.05) is 5.32 Å². The second-order valence-corrected chi connectivity index (χ2v) is 9.46. The van der Waals surface area contributed by atoms with Gasteiger partial charge in [-0.25, -0.2) is 9.59 Å². The molecule has 2 aromatic carbocycles. The molecule has 3 N–H and O–H groups in total. The van der Waals surface area contributed by atoms with E-state index in [1.807, 2.05) is 30.3 Å². The minimum absolute atomic E-state index is 0.0674. The Labute approximate surface area is 192 Å². The minimum atomic E-state index is -0.619. The maximum absolute atomic E-state index is 13.3. The molecule has 3 aromatic rings. The Kier molecular flexibility index (Phi) is 5.19. The number of para-hydroxylation sites is 1. The summed E-state index contributed by atoms with van der Waals surface area (Å²) in [6.45, 7) is 4.26. The number of likely N-dealkylation sites (tertiary alicyclic amines) is 1. The first kappa shape index (κ1) is 21.2. The number of carbonyl (C=O) groups is 3. The molecule has 2 fully saturated rings. The molecule has 0 spiro atoms. The molecule has 7 heteroatoms. The van der Waals surface area contributed by atoms with Gasteiger partial charge in [-0.05, 0) is 41.9 Å². The minimum Gasteiger partial charge on any atom is -0.351 e. The number of rotatable bonds is 5. The summed E-state index contributed by atoms with van der Waals surface area (Å²) in [5.41, 5.74) is 8.82. The molecule has 3 amide bonds. The van der Waals surface area contributed by atoms with E-state index in [9.17, 15) is 14.4 Å². The Morgan fingerprint density at radius 3 is 2.64 bits per heavy atom. The van der Waals surface area contributed by atoms with E-state index in [4.69, 9.17) is 5.73 Å². The summed E-state index contributed by atoms with van der Waals surface area (Å²) in [6.07, 6.45) is 3.50. The zero-order valence-electron chi connectivity index (χ0n) is 18.8. The first-order valence-electron chi connectivity index (χ1n) is 11.4. The smallest absolute Gasteiger partial charge is 0.323 e. The third-order valence-electron chi connectivity index (χ3n) is 6.90. The number of nitrogens with two attached hydrogens (primary N) is 1. The molecule has 0 unspecified atom stereocenters. The fraction of sp³-hybridized carbons (Fsp3) is 0.346. The van der Waals surface area contributed by atoms with Crippen molar-refractivity contribution in [2.24, 2.45) is 11.7 Å². The number of ketones is 1. The topological polar surface area (TPSA) is 97.4 Å². The van der Waals surface area contributed by atoms with Crippen molar-refractivity contribution < 1.29 is 14.4 Å². The van der Waals surface area contributed by atoms with E-state index in [1.54, 1.807) is 17.2 Å². The van der Waals surface area contributed by atoms with Crippen LogP contribution in [0.1, 0.15) is 43.7 Å². The van der Waals surface area contributed by atoms with Crippen LogP contribution in [0.4, 0.5) is 15.3 Å². The van der Waals surface area contributed by atoms with Gasteiger partial charge in [0.15, 0.2) is 5.78 Å². The Morgan fingerprint density at radius 1 is 1.09 bits per heavy atom. The van der Waals surface area contributed by atoms with Crippen molar-refractivity contribution in [3.05, 3.63) is 65.9 Å². The molecule has 1 aromatic heterocycles. The number of fused-ring (bicyclic) bond motifs is 2. The number of nitrogens with zero attached hydrogens (tertiary/aromatic N) is 2. The molecule has 1 saturated heterocycles. The van der Waals surface area contributed by atoms with E-state index < -0.39 is 12.1 Å². The van der Waals surface area contributed by atoms with Crippen molar-refractivity contribution in [1.29, 1.82) is 0 Å². The molecule has 2 heterocycles. The SMILES string of the molecule is CC(C)c1cccc(CC(=O)[C@@H]2C[C@H]3C[C@H]3N2C(=O)Nc2cn(C(N)=O)c3ccccc23)c1. The number of benzene rings is 2. The van der Waals surface area contributed by atoms with Gasteiger partial charge in [0, 0.05) is 24.0 Å². The van der Waals surface area contributed by atoms with Gasteiger partial charge >= 0.3 is 12.1 Å². The maximum Gasteiger partial charge on any atom is 0.323 e. The van der Waals surface area contributed by atoms with E-state index in [2.05, 4.69) is 31.3 Å². The van der Waals surface area contributed by atoms with Gasteiger partial charge in [0.2, 0.25) is 0 Å². The number of carbonyl (C=O) groups excluding carboxylic acids is 3. The molecule has 170 valence electrons. The number of hydrogen-bond acceptors (Lipinski definition) is 3. The van der Waals surface area contributed by atoms with Crippen molar-refractivity contribution >= 4 is 34.4 Å². The molecular formula is C26H28N4O3. The third kappa shape index (κ3) is 3.88. The monoisotopic (exact) mass is 444 g/mol. The molecule has 3 atom stereocenters. The molecule has 0 bridgehead atoms. The van der Waals surface area contributed by atoms with Gasteiger partial charge in [-0.2, -0.15) is 0 Å². The molecular weight excluding hydrogens is 416 g/mol. The van der Waals surface area contributed by atoms with Crippen molar-refractivity contribution in [3.63, 3.8) is 0 Å². The van der Waals surface area contributed by atoms with Crippen LogP contribution in [0.15, 0.2) is 54.7 Å². The lowest BCUT2D eigenvalue weighted by atomic mass is 9.96. The number of Topliss-reactive ketones (excluding diaryl/α,β-unsaturated/α-hetero) is 1. The summed E-state index contributed by atoms with van der Waals surface area (Å²) in [5.74, 6) is 0.848. The Bertz CT molecular complexity index is 1260. The van der Waals surface area contributed by atoms with Crippen LogP contribution in [0.3, 0.4) is 0 Å². The van der Waals surface area contributed by atoms with E-state index in [1.165, 1.54) is 10.1 Å². The highest BCUT2D eigenvalue weighted by atomic mass is 16.2. The average molecular weight is 445 g/mol. The Hall–Kier alpha value is -3.61. The third-order valence-corrected chi connectivity index (χ3v) is 6.90. The van der Waals surface area contributed by atoms with Gasteiger partial charge in [0.1, 0.15) is 0 Å². The van der Waals surface area contributed by atoms with Gasteiger partial charge in [-0.3, -0.25) is 9.36 Å². The number of anilines is 1. The number of amides is 3. The van der Waals surface area contributed by atoms with Crippen LogP contribution < -0.4 is 11.1 Å². The lowest BCUT2D eigenvalue weighted by Crippen LogP contribution is -2.45. The van der Waals surface area contributed by atoms with Crippen LogP contribution in [-0.2, 0) is 11.2 Å². The first-order valence-corrected chi connectivity index (χ1v) is 11.4. The molecule has 1 aliphatic heterocycles. The van der Waals surface area contributed by atoms with E-state index in [0.717, 1.165) is 17.4 Å². The van der Waals surface area contributed by atoms with E-state index >= 15 is 0 Å². The first-order chi connectivity index (χ1) is 15.8. The lowest BCUT2D eigenvalue weighted by molar-refractivity contribution is -0.122. The zero-order valence-corrected chi connectivity index (χ0v) is 18.8. The van der Waals surface area contributed by atoms with Gasteiger partial charge < -0.3 is 16.0 Å². The summed E-state index contributed by atoms with van der Waals surface area (Å²) in [6, 6.07) is 14.1. The van der Waals surface area contributed by atoms with Gasteiger partial charge in [0.05, 0.1) is 17.2 Å². The number of primary amides is 1. The molecule has 1 saturated carbocycles. The summed E-state index contributed by atoms with van der Waals surface area (Å²) in [7, 11) is 0. The van der Waals surface area contributed by atoms with Gasteiger partial charge in [-0.1, -0.05) is 56.3 Å². The standard InChI is InChI=1S/C26H28N4O3/c1-15(2)17-7-5-6-16(10-17)11-24(31)23-13-18-12-22(18)30(23)26(33)28-20-14-29(25(27)32)21-9-4-3-8-19(20)21/h3-10,14-15,18,22-23H,11-13H2,1-2H3,(H2,27,32)(H,28,33)/t18-,22-,23+/m1/s1. The molecule has 5 rings (SSSR count). The second kappa shape index (κ2) is 8.06. The molecule has 33 heavy (non-hydrogen) atoms. The predicted octanol–water partition coefficient (Wildman–Crippen LogP) is 4.50. The molecule has 0 radical (unpaired) electrons. The van der Waals surface area contributed by atoms with Gasteiger partial charge in [0.25, 0.3) is 0 Å². The quantitative estimate of drug-likeness (QED) is 0.606. The van der Waals surface area contributed by atoms with Gasteiger partial charge in [-0.15, -0.1) is 0 Å². The summed E-state index contributed by atoms with van der Waals surface area (Å²) < 4.78 is 1.32. The number of urea groups is 1. The largest absolute Gasteiger partial charge is 0.351 e. The number of piperidine rings is 1. The predicted molar refractivity (Wildman–Crippen MR) is 127 cm³/mol. The van der Waals surface area contributed by atoms with Crippen LogP contribution >= 0.6 is 0 Å². The highest BCUT2D eigenvalue weighted by Gasteiger charge is 2.55. The Balaban J connectivity index is 1.36.